The summed E-state index contributed by atoms with van der Waals surface area (Å²) in [6, 6.07) is 0. The van der Waals surface area contributed by atoms with E-state index in [0.717, 1.165) is 45.3 Å². The summed E-state index contributed by atoms with van der Waals surface area (Å²) in [4.78, 5) is 10.2. The van der Waals surface area contributed by atoms with E-state index in [1.54, 1.807) is 0 Å². The second kappa shape index (κ2) is 9.97. The van der Waals surface area contributed by atoms with Crippen molar-refractivity contribution in [1.29, 1.82) is 0 Å². The zero-order valence-corrected chi connectivity index (χ0v) is 10.00. The standard InChI is InChI=1S/C12H24O3/c1-11(2)10-15-9-7-5-3-4-6-8-12(13)14/h11H,3-10H2,1-2H3,(H,13,14). The van der Waals surface area contributed by atoms with Crippen molar-refractivity contribution in [2.45, 2.75) is 52.4 Å². The minimum Gasteiger partial charge on any atom is -0.481 e. The maximum absolute atomic E-state index is 10.2. The fraction of sp³-hybridized carbons (Fsp3) is 0.917. The normalized spacial score (nSPS) is 10.9. The minimum absolute atomic E-state index is 0.309. The molecule has 1 N–H and O–H groups in total. The Labute approximate surface area is 92.8 Å². The average Bonchev–Trinajstić information content (AvgIpc) is 2.14. The number of hydrogen-bond donors (Lipinski definition) is 1. The van der Waals surface area contributed by atoms with Crippen molar-refractivity contribution >= 4 is 5.97 Å². The van der Waals surface area contributed by atoms with Crippen molar-refractivity contribution in [3.05, 3.63) is 0 Å². The molecule has 0 aromatic carbocycles. The first-order chi connectivity index (χ1) is 7.13. The Bertz CT molecular complexity index is 155. The summed E-state index contributed by atoms with van der Waals surface area (Å²) in [5, 5.41) is 8.42. The van der Waals surface area contributed by atoms with Gasteiger partial charge in [-0.25, -0.2) is 0 Å². The molecule has 15 heavy (non-hydrogen) atoms. The van der Waals surface area contributed by atoms with Crippen molar-refractivity contribution in [3.8, 4) is 0 Å². The molecule has 0 radical (unpaired) electrons. The van der Waals surface area contributed by atoms with E-state index in [9.17, 15) is 4.79 Å². The number of carboxylic acid groups (broad SMARTS) is 1. The van der Waals surface area contributed by atoms with Crippen LogP contribution in [0.2, 0.25) is 0 Å². The van der Waals surface area contributed by atoms with Crippen LogP contribution in [0.25, 0.3) is 0 Å². The Morgan fingerprint density at radius 3 is 2.33 bits per heavy atom. The first-order valence-electron chi connectivity index (χ1n) is 5.92. The summed E-state index contributed by atoms with van der Waals surface area (Å²) >= 11 is 0. The molecule has 0 rings (SSSR count). The number of unbranched alkanes of at least 4 members (excludes halogenated alkanes) is 4. The largest absolute Gasteiger partial charge is 0.481 e. The fourth-order valence-electron chi connectivity index (χ4n) is 1.33. The van der Waals surface area contributed by atoms with Gasteiger partial charge in [-0.3, -0.25) is 4.79 Å². The number of rotatable bonds is 10. The minimum atomic E-state index is -0.685. The van der Waals surface area contributed by atoms with E-state index < -0.39 is 5.97 Å². The highest BCUT2D eigenvalue weighted by atomic mass is 16.5. The molecule has 0 heterocycles. The van der Waals surface area contributed by atoms with E-state index in [4.69, 9.17) is 9.84 Å². The molecule has 0 bridgehead atoms. The molecule has 3 nitrogen and oxygen atoms in total. The van der Waals surface area contributed by atoms with Crippen LogP contribution in [0.3, 0.4) is 0 Å². The molecular formula is C12H24O3. The summed E-state index contributed by atoms with van der Waals surface area (Å²) in [5.74, 6) is -0.0733. The predicted octanol–water partition coefficient (Wildman–Crippen LogP) is 3.08. The Morgan fingerprint density at radius 1 is 1.13 bits per heavy atom. The molecule has 0 spiro atoms. The first kappa shape index (κ1) is 14.4. The first-order valence-corrected chi connectivity index (χ1v) is 5.92. The van der Waals surface area contributed by atoms with Crippen LogP contribution in [0.5, 0.6) is 0 Å². The van der Waals surface area contributed by atoms with Gasteiger partial charge in [-0.1, -0.05) is 33.1 Å². The number of carbonyl (C=O) groups is 1. The molecule has 0 saturated carbocycles. The highest BCUT2D eigenvalue weighted by Gasteiger charge is 1.97. The molecule has 0 aromatic rings. The molecule has 0 aromatic heterocycles. The molecule has 3 heteroatoms. The van der Waals surface area contributed by atoms with Gasteiger partial charge in [0.05, 0.1) is 0 Å². The lowest BCUT2D eigenvalue weighted by atomic mass is 10.1. The van der Waals surface area contributed by atoms with Crippen molar-refractivity contribution in [1.82, 2.24) is 0 Å². The van der Waals surface area contributed by atoms with Gasteiger partial charge in [0, 0.05) is 19.6 Å². The van der Waals surface area contributed by atoms with Crippen LogP contribution < -0.4 is 0 Å². The van der Waals surface area contributed by atoms with Crippen LogP contribution in [0.1, 0.15) is 52.4 Å². The van der Waals surface area contributed by atoms with Crippen molar-refractivity contribution in [2.24, 2.45) is 5.92 Å². The van der Waals surface area contributed by atoms with E-state index in [2.05, 4.69) is 13.8 Å². The lowest BCUT2D eigenvalue weighted by molar-refractivity contribution is -0.137. The summed E-state index contributed by atoms with van der Waals surface area (Å²) in [7, 11) is 0. The third kappa shape index (κ3) is 13.4. The van der Waals surface area contributed by atoms with Crippen molar-refractivity contribution in [3.63, 3.8) is 0 Å². The van der Waals surface area contributed by atoms with Gasteiger partial charge in [-0.15, -0.1) is 0 Å². The molecule has 0 saturated heterocycles. The van der Waals surface area contributed by atoms with Crippen LogP contribution >= 0.6 is 0 Å². The number of ether oxygens (including phenoxy) is 1. The van der Waals surface area contributed by atoms with E-state index in [-0.39, 0.29) is 0 Å². The third-order valence-electron chi connectivity index (χ3n) is 2.13. The van der Waals surface area contributed by atoms with Gasteiger partial charge in [-0.2, -0.15) is 0 Å². The van der Waals surface area contributed by atoms with Gasteiger partial charge in [0.15, 0.2) is 0 Å². The van der Waals surface area contributed by atoms with Gasteiger partial charge in [0.2, 0.25) is 0 Å². The third-order valence-corrected chi connectivity index (χ3v) is 2.13. The number of aliphatic carboxylic acids is 1. The predicted molar refractivity (Wildman–Crippen MR) is 61.0 cm³/mol. The number of hydrogen-bond acceptors (Lipinski definition) is 2. The van der Waals surface area contributed by atoms with E-state index >= 15 is 0 Å². The van der Waals surface area contributed by atoms with Crippen LogP contribution in [0.4, 0.5) is 0 Å². The van der Waals surface area contributed by atoms with Gasteiger partial charge < -0.3 is 9.84 Å². The maximum atomic E-state index is 10.2. The molecule has 0 aliphatic rings. The molecule has 0 aliphatic carbocycles. The quantitative estimate of drug-likeness (QED) is 0.571. The molecule has 0 amide bonds. The highest BCUT2D eigenvalue weighted by molar-refractivity contribution is 5.66. The Morgan fingerprint density at radius 2 is 1.73 bits per heavy atom. The van der Waals surface area contributed by atoms with Crippen LogP contribution in [-0.2, 0) is 9.53 Å². The summed E-state index contributed by atoms with van der Waals surface area (Å²) in [6.07, 6.45) is 5.51. The van der Waals surface area contributed by atoms with Gasteiger partial charge in [0.25, 0.3) is 0 Å². The smallest absolute Gasteiger partial charge is 0.303 e. The molecule has 0 unspecified atom stereocenters. The molecule has 0 aliphatic heterocycles. The van der Waals surface area contributed by atoms with Gasteiger partial charge >= 0.3 is 5.97 Å². The second-order valence-corrected chi connectivity index (χ2v) is 4.38. The van der Waals surface area contributed by atoms with E-state index in [1.165, 1.54) is 0 Å². The topological polar surface area (TPSA) is 46.5 Å². The van der Waals surface area contributed by atoms with Gasteiger partial charge in [-0.05, 0) is 18.8 Å². The Kier molecular flexibility index (Phi) is 9.59. The SMILES string of the molecule is CC(C)COCCCCCCCC(=O)O. The van der Waals surface area contributed by atoms with Crippen molar-refractivity contribution < 1.29 is 14.6 Å². The Balaban J connectivity index is 2.96. The fourth-order valence-corrected chi connectivity index (χ4v) is 1.33. The van der Waals surface area contributed by atoms with Crippen molar-refractivity contribution in [2.75, 3.05) is 13.2 Å². The highest BCUT2D eigenvalue weighted by Crippen LogP contribution is 2.05. The molecule has 0 atom stereocenters. The molecule has 0 fully saturated rings. The number of carboxylic acids is 1. The Hall–Kier alpha value is -0.570. The van der Waals surface area contributed by atoms with Crippen LogP contribution in [0, 0.1) is 5.92 Å². The average molecular weight is 216 g/mol. The summed E-state index contributed by atoms with van der Waals surface area (Å²) in [6.45, 7) is 5.98. The van der Waals surface area contributed by atoms with E-state index in [0.29, 0.717) is 12.3 Å². The molecular weight excluding hydrogens is 192 g/mol. The van der Waals surface area contributed by atoms with Gasteiger partial charge in [0.1, 0.15) is 0 Å². The van der Waals surface area contributed by atoms with Crippen LogP contribution in [0.15, 0.2) is 0 Å². The lowest BCUT2D eigenvalue weighted by Crippen LogP contribution is -2.03. The van der Waals surface area contributed by atoms with Crippen LogP contribution in [-0.4, -0.2) is 24.3 Å². The summed E-state index contributed by atoms with van der Waals surface area (Å²) < 4.78 is 5.45. The second-order valence-electron chi connectivity index (χ2n) is 4.38. The van der Waals surface area contributed by atoms with E-state index in [1.807, 2.05) is 0 Å². The lowest BCUT2D eigenvalue weighted by Gasteiger charge is -2.06. The summed E-state index contributed by atoms with van der Waals surface area (Å²) in [5.41, 5.74) is 0. The maximum Gasteiger partial charge on any atom is 0.303 e. The monoisotopic (exact) mass is 216 g/mol. The zero-order valence-electron chi connectivity index (χ0n) is 10.00. The zero-order chi connectivity index (χ0) is 11.5. The molecule has 90 valence electrons.